The zero-order chi connectivity index (χ0) is 19.7. The Balaban J connectivity index is 0.00000392. The van der Waals surface area contributed by atoms with Crippen LogP contribution in [0.2, 0.25) is 0 Å². The van der Waals surface area contributed by atoms with Crippen molar-refractivity contribution in [2.24, 2.45) is 4.99 Å². The summed E-state index contributed by atoms with van der Waals surface area (Å²) >= 11 is 0. The molecule has 1 aromatic rings. The smallest absolute Gasteiger partial charge is 0.191 e. The Morgan fingerprint density at radius 2 is 2.00 bits per heavy atom. The molecule has 0 spiro atoms. The average Bonchev–Trinajstić information content (AvgIpc) is 2.65. The Morgan fingerprint density at radius 1 is 1.29 bits per heavy atom. The Kier molecular flexibility index (Phi) is 11.1. The molecule has 0 saturated carbocycles. The molecule has 0 unspecified atom stereocenters. The topological polar surface area (TPSA) is 58.1 Å². The average molecular weight is 504 g/mol. The number of ether oxygens (including phenoxy) is 2. The number of halogens is 1. The molecule has 0 atom stereocenters. The molecule has 0 amide bonds. The van der Waals surface area contributed by atoms with Gasteiger partial charge < -0.3 is 20.1 Å². The van der Waals surface area contributed by atoms with Gasteiger partial charge in [0.1, 0.15) is 12.4 Å². The second kappa shape index (κ2) is 12.5. The van der Waals surface area contributed by atoms with Gasteiger partial charge in [-0.05, 0) is 58.4 Å². The lowest BCUT2D eigenvalue weighted by molar-refractivity contribution is 0.0392. The molecule has 1 saturated heterocycles. The summed E-state index contributed by atoms with van der Waals surface area (Å²) in [7, 11) is 3.96. The largest absolute Gasteiger partial charge is 0.492 e. The van der Waals surface area contributed by atoms with Crippen LogP contribution >= 0.6 is 24.0 Å². The minimum absolute atomic E-state index is 0. The highest BCUT2D eigenvalue weighted by molar-refractivity contribution is 14.0. The highest BCUT2D eigenvalue weighted by Gasteiger charge is 2.18. The molecule has 28 heavy (non-hydrogen) atoms. The van der Waals surface area contributed by atoms with Crippen molar-refractivity contribution in [3.8, 4) is 5.75 Å². The van der Waals surface area contributed by atoms with Crippen LogP contribution in [0.25, 0.3) is 0 Å². The highest BCUT2D eigenvalue weighted by atomic mass is 127. The fourth-order valence-corrected chi connectivity index (χ4v) is 3.08. The van der Waals surface area contributed by atoms with Gasteiger partial charge in [-0.2, -0.15) is 0 Å². The third kappa shape index (κ3) is 9.43. The van der Waals surface area contributed by atoms with Crippen LogP contribution in [0.3, 0.4) is 0 Å². The van der Waals surface area contributed by atoms with Crippen molar-refractivity contribution in [1.29, 1.82) is 0 Å². The second-order valence-electron chi connectivity index (χ2n) is 8.12. The summed E-state index contributed by atoms with van der Waals surface area (Å²) in [4.78, 5) is 6.66. The van der Waals surface area contributed by atoms with E-state index in [2.05, 4.69) is 60.5 Å². The Labute approximate surface area is 187 Å². The van der Waals surface area contributed by atoms with Gasteiger partial charge in [-0.3, -0.25) is 9.89 Å². The number of guanidine groups is 1. The molecule has 1 fully saturated rings. The SMILES string of the molecule is CN=C(NCc1cccc(OCCN(C)C2CCOCC2)c1)NC(C)(C)C.I. The molecular weight excluding hydrogens is 467 g/mol. The minimum atomic E-state index is -0.0245. The van der Waals surface area contributed by atoms with Gasteiger partial charge in [-0.25, -0.2) is 0 Å². The van der Waals surface area contributed by atoms with E-state index in [-0.39, 0.29) is 29.5 Å². The quantitative estimate of drug-likeness (QED) is 0.339. The van der Waals surface area contributed by atoms with Crippen molar-refractivity contribution in [3.05, 3.63) is 29.8 Å². The van der Waals surface area contributed by atoms with Crippen molar-refractivity contribution >= 4 is 29.9 Å². The van der Waals surface area contributed by atoms with Crippen LogP contribution in [-0.4, -0.2) is 62.9 Å². The zero-order valence-electron chi connectivity index (χ0n) is 18.0. The predicted molar refractivity (Wildman–Crippen MR) is 127 cm³/mol. The fraction of sp³-hybridized carbons (Fsp3) is 0.667. The predicted octanol–water partition coefficient (Wildman–Crippen LogP) is 3.26. The van der Waals surface area contributed by atoms with E-state index in [1.54, 1.807) is 7.05 Å². The third-order valence-electron chi connectivity index (χ3n) is 4.60. The number of likely N-dealkylation sites (N-methyl/N-ethyl adjacent to an activating group) is 1. The number of benzene rings is 1. The van der Waals surface area contributed by atoms with Crippen LogP contribution in [0.1, 0.15) is 39.2 Å². The molecule has 160 valence electrons. The van der Waals surface area contributed by atoms with E-state index in [9.17, 15) is 0 Å². The van der Waals surface area contributed by atoms with Crippen molar-refractivity contribution in [3.63, 3.8) is 0 Å². The van der Waals surface area contributed by atoms with E-state index in [0.29, 0.717) is 19.2 Å². The monoisotopic (exact) mass is 504 g/mol. The summed E-state index contributed by atoms with van der Waals surface area (Å²) in [6.45, 7) is 10.4. The van der Waals surface area contributed by atoms with Gasteiger partial charge in [0, 0.05) is 44.9 Å². The molecule has 0 aliphatic carbocycles. The molecule has 1 aromatic carbocycles. The maximum Gasteiger partial charge on any atom is 0.191 e. The first-order valence-corrected chi connectivity index (χ1v) is 9.86. The first-order valence-electron chi connectivity index (χ1n) is 9.86. The third-order valence-corrected chi connectivity index (χ3v) is 4.60. The number of hydrogen-bond acceptors (Lipinski definition) is 4. The van der Waals surface area contributed by atoms with Gasteiger partial charge in [-0.1, -0.05) is 12.1 Å². The second-order valence-corrected chi connectivity index (χ2v) is 8.12. The molecule has 1 aliphatic rings. The van der Waals surface area contributed by atoms with E-state index < -0.39 is 0 Å². The molecule has 0 bridgehead atoms. The lowest BCUT2D eigenvalue weighted by Crippen LogP contribution is -2.47. The molecule has 1 aliphatic heterocycles. The molecule has 6 nitrogen and oxygen atoms in total. The van der Waals surface area contributed by atoms with Crippen LogP contribution in [0, 0.1) is 0 Å². The number of nitrogens with zero attached hydrogens (tertiary/aromatic N) is 2. The number of aliphatic imine (C=N–C) groups is 1. The van der Waals surface area contributed by atoms with Gasteiger partial charge in [0.2, 0.25) is 0 Å². The molecule has 0 radical (unpaired) electrons. The van der Waals surface area contributed by atoms with Gasteiger partial charge >= 0.3 is 0 Å². The summed E-state index contributed by atoms with van der Waals surface area (Å²) in [5, 5.41) is 6.71. The van der Waals surface area contributed by atoms with Crippen molar-refractivity contribution in [2.75, 3.05) is 40.5 Å². The van der Waals surface area contributed by atoms with E-state index in [0.717, 1.165) is 44.3 Å². The maximum atomic E-state index is 5.98. The first kappa shape index (κ1) is 25.0. The minimum Gasteiger partial charge on any atom is -0.492 e. The Hall–Kier alpha value is -1.06. The molecule has 2 N–H and O–H groups in total. The van der Waals surface area contributed by atoms with Crippen LogP contribution in [-0.2, 0) is 11.3 Å². The molecule has 1 heterocycles. The van der Waals surface area contributed by atoms with Crippen molar-refractivity contribution < 1.29 is 9.47 Å². The van der Waals surface area contributed by atoms with Crippen LogP contribution in [0.15, 0.2) is 29.3 Å². The fourth-order valence-electron chi connectivity index (χ4n) is 3.08. The lowest BCUT2D eigenvalue weighted by atomic mass is 10.1. The summed E-state index contributed by atoms with van der Waals surface area (Å²) in [6, 6.07) is 8.85. The number of rotatable bonds is 7. The Morgan fingerprint density at radius 3 is 2.64 bits per heavy atom. The molecule has 0 aromatic heterocycles. The summed E-state index contributed by atoms with van der Waals surface area (Å²) in [6.07, 6.45) is 2.23. The molecule has 2 rings (SSSR count). The van der Waals surface area contributed by atoms with Gasteiger partial charge in [0.25, 0.3) is 0 Å². The summed E-state index contributed by atoms with van der Waals surface area (Å²) < 4.78 is 11.4. The number of nitrogens with one attached hydrogen (secondary N) is 2. The van der Waals surface area contributed by atoms with Crippen molar-refractivity contribution in [1.82, 2.24) is 15.5 Å². The zero-order valence-corrected chi connectivity index (χ0v) is 20.3. The van der Waals surface area contributed by atoms with Crippen LogP contribution in [0.5, 0.6) is 5.75 Å². The van der Waals surface area contributed by atoms with Gasteiger partial charge in [0.05, 0.1) is 0 Å². The molecule has 7 heteroatoms. The first-order chi connectivity index (χ1) is 12.9. The van der Waals surface area contributed by atoms with Crippen LogP contribution in [0.4, 0.5) is 0 Å². The summed E-state index contributed by atoms with van der Waals surface area (Å²) in [5.41, 5.74) is 1.14. The van der Waals surface area contributed by atoms with Gasteiger partial charge in [0.15, 0.2) is 5.96 Å². The van der Waals surface area contributed by atoms with Crippen LogP contribution < -0.4 is 15.4 Å². The number of hydrogen-bond donors (Lipinski definition) is 2. The van der Waals surface area contributed by atoms with E-state index >= 15 is 0 Å². The van der Waals surface area contributed by atoms with E-state index in [1.807, 2.05) is 12.1 Å². The molecular formula is C21H37IN4O2. The lowest BCUT2D eigenvalue weighted by Gasteiger charge is -2.31. The maximum absolute atomic E-state index is 5.98. The standard InChI is InChI=1S/C21H36N4O2.HI/c1-21(2,3)24-20(22-4)23-16-17-7-6-8-19(15-17)27-14-11-25(5)18-9-12-26-13-10-18;/h6-8,15,18H,9-14,16H2,1-5H3,(H2,22,23,24);1H. The highest BCUT2D eigenvalue weighted by Crippen LogP contribution is 2.15. The normalized spacial score (nSPS) is 15.9. The van der Waals surface area contributed by atoms with Crippen molar-refractivity contribution in [2.45, 2.75) is 51.7 Å². The van der Waals surface area contributed by atoms with Gasteiger partial charge in [-0.15, -0.1) is 24.0 Å². The summed E-state index contributed by atoms with van der Waals surface area (Å²) in [5.74, 6) is 1.71. The van der Waals surface area contributed by atoms with E-state index in [4.69, 9.17) is 9.47 Å². The Bertz CT molecular complexity index is 598. The van der Waals surface area contributed by atoms with E-state index in [1.165, 1.54) is 5.56 Å².